The summed E-state index contributed by atoms with van der Waals surface area (Å²) >= 11 is 0. The van der Waals surface area contributed by atoms with Crippen molar-refractivity contribution in [3.05, 3.63) is 0 Å². The van der Waals surface area contributed by atoms with Gasteiger partial charge in [0.2, 0.25) is 5.91 Å². The molecule has 0 unspecified atom stereocenters. The number of hydrogen-bond acceptors (Lipinski definition) is 3. The summed E-state index contributed by atoms with van der Waals surface area (Å²) in [5.74, 6) is -0.0578. The van der Waals surface area contributed by atoms with Crippen molar-refractivity contribution in [2.45, 2.75) is 70.1 Å². The Morgan fingerprint density at radius 3 is 2.21 bits per heavy atom. The van der Waals surface area contributed by atoms with Crippen LogP contribution in [0.3, 0.4) is 0 Å². The van der Waals surface area contributed by atoms with Crippen LogP contribution in [-0.2, 0) is 14.3 Å². The van der Waals surface area contributed by atoms with E-state index < -0.39 is 0 Å². The van der Waals surface area contributed by atoms with Gasteiger partial charge in [0.15, 0.2) is 5.79 Å². The van der Waals surface area contributed by atoms with E-state index in [9.17, 15) is 4.79 Å². The predicted molar refractivity (Wildman–Crippen MR) is 71.6 cm³/mol. The smallest absolute Gasteiger partial charge is 0.226 e. The van der Waals surface area contributed by atoms with E-state index in [0.29, 0.717) is 6.04 Å². The minimum absolute atomic E-state index is 0.116. The van der Waals surface area contributed by atoms with Crippen molar-refractivity contribution in [3.8, 4) is 0 Å². The summed E-state index contributed by atoms with van der Waals surface area (Å²) in [5, 5.41) is 3.26. The quantitative estimate of drug-likeness (QED) is 0.835. The summed E-state index contributed by atoms with van der Waals surface area (Å²) in [6, 6.07) is 0.309. The van der Waals surface area contributed by atoms with E-state index in [2.05, 4.69) is 12.2 Å². The zero-order valence-corrected chi connectivity index (χ0v) is 11.9. The van der Waals surface area contributed by atoms with E-state index in [1.807, 2.05) is 0 Å². The summed E-state index contributed by atoms with van der Waals surface area (Å²) in [5.41, 5.74) is -0.116. The molecule has 1 amide bonds. The van der Waals surface area contributed by atoms with E-state index >= 15 is 0 Å². The number of ether oxygens (including phenoxy) is 2. The van der Waals surface area contributed by atoms with E-state index in [1.54, 1.807) is 0 Å². The first kappa shape index (κ1) is 13.4. The lowest BCUT2D eigenvalue weighted by atomic mass is 9.85. The normalized spacial score (nSPS) is 29.7. The molecule has 0 bridgehead atoms. The molecule has 1 saturated heterocycles. The van der Waals surface area contributed by atoms with Crippen molar-refractivity contribution in [2.24, 2.45) is 5.41 Å². The zero-order chi connectivity index (χ0) is 13.3. The lowest BCUT2D eigenvalue weighted by molar-refractivity contribution is -0.180. The Bertz CT molecular complexity index is 333. The molecule has 0 aromatic rings. The average molecular weight is 267 g/mol. The Balaban J connectivity index is 1.50. The summed E-state index contributed by atoms with van der Waals surface area (Å²) in [6.07, 6.45) is 8.25. The van der Waals surface area contributed by atoms with E-state index in [1.165, 1.54) is 12.8 Å². The molecule has 4 heteroatoms. The van der Waals surface area contributed by atoms with Crippen LogP contribution >= 0.6 is 0 Å². The molecule has 1 spiro atoms. The van der Waals surface area contributed by atoms with Gasteiger partial charge in [-0.05, 0) is 25.7 Å². The summed E-state index contributed by atoms with van der Waals surface area (Å²) in [7, 11) is 0. The summed E-state index contributed by atoms with van der Waals surface area (Å²) < 4.78 is 11.4. The molecule has 1 heterocycles. The van der Waals surface area contributed by atoms with Crippen LogP contribution < -0.4 is 5.32 Å². The van der Waals surface area contributed by atoms with Gasteiger partial charge in [0.25, 0.3) is 0 Å². The number of carbonyl (C=O) groups is 1. The lowest BCUT2D eigenvalue weighted by Gasteiger charge is -2.36. The minimum atomic E-state index is -0.321. The Hall–Kier alpha value is -0.610. The molecule has 1 aliphatic heterocycles. The number of amides is 1. The number of carbonyl (C=O) groups excluding carboxylic acids is 1. The topological polar surface area (TPSA) is 47.6 Å². The number of hydrogen-bond donors (Lipinski definition) is 1. The number of nitrogens with one attached hydrogen (secondary N) is 1. The largest absolute Gasteiger partial charge is 0.353 e. The second-order valence-electron chi connectivity index (χ2n) is 6.62. The maximum absolute atomic E-state index is 12.4. The van der Waals surface area contributed by atoms with Gasteiger partial charge in [-0.1, -0.05) is 19.8 Å². The molecule has 108 valence electrons. The molecule has 2 saturated carbocycles. The molecule has 4 nitrogen and oxygen atoms in total. The van der Waals surface area contributed by atoms with Crippen molar-refractivity contribution in [1.29, 1.82) is 0 Å². The predicted octanol–water partition coefficient (Wildman–Crippen LogP) is 2.37. The number of rotatable bonds is 2. The van der Waals surface area contributed by atoms with Gasteiger partial charge >= 0.3 is 0 Å². The van der Waals surface area contributed by atoms with Gasteiger partial charge in [-0.15, -0.1) is 0 Å². The third-order valence-corrected chi connectivity index (χ3v) is 5.15. The Kier molecular flexibility index (Phi) is 3.56. The van der Waals surface area contributed by atoms with Crippen molar-refractivity contribution in [1.82, 2.24) is 5.32 Å². The average Bonchev–Trinajstić information content (AvgIpc) is 3.03. The highest BCUT2D eigenvalue weighted by Crippen LogP contribution is 2.39. The minimum Gasteiger partial charge on any atom is -0.353 e. The zero-order valence-electron chi connectivity index (χ0n) is 11.9. The summed E-state index contributed by atoms with van der Waals surface area (Å²) in [6.45, 7) is 3.55. The second kappa shape index (κ2) is 5.06. The molecule has 3 fully saturated rings. The van der Waals surface area contributed by atoms with Gasteiger partial charge < -0.3 is 14.8 Å². The van der Waals surface area contributed by atoms with Crippen LogP contribution in [0, 0.1) is 5.41 Å². The third kappa shape index (κ3) is 2.65. The van der Waals surface area contributed by atoms with Crippen LogP contribution in [0.4, 0.5) is 0 Å². The summed E-state index contributed by atoms with van der Waals surface area (Å²) in [4.78, 5) is 12.4. The first-order valence-electron chi connectivity index (χ1n) is 7.71. The van der Waals surface area contributed by atoms with Crippen LogP contribution in [0.2, 0.25) is 0 Å². The second-order valence-corrected chi connectivity index (χ2v) is 6.62. The highest BCUT2D eigenvalue weighted by Gasteiger charge is 2.42. The van der Waals surface area contributed by atoms with Gasteiger partial charge in [-0.3, -0.25) is 4.79 Å². The fourth-order valence-corrected chi connectivity index (χ4v) is 3.73. The van der Waals surface area contributed by atoms with E-state index in [-0.39, 0.29) is 17.1 Å². The van der Waals surface area contributed by atoms with Gasteiger partial charge in [-0.2, -0.15) is 0 Å². The Labute approximate surface area is 115 Å². The molecule has 3 rings (SSSR count). The van der Waals surface area contributed by atoms with Crippen LogP contribution in [0.15, 0.2) is 0 Å². The molecule has 19 heavy (non-hydrogen) atoms. The standard InChI is InChI=1S/C15H25NO3/c1-14(6-2-3-7-14)13(17)16-12-4-8-15(9-5-12)18-10-11-19-15/h12H,2-11H2,1H3,(H,16,17). The van der Waals surface area contributed by atoms with Gasteiger partial charge in [0.1, 0.15) is 0 Å². The van der Waals surface area contributed by atoms with Crippen LogP contribution in [-0.4, -0.2) is 30.9 Å². The van der Waals surface area contributed by atoms with E-state index in [4.69, 9.17) is 9.47 Å². The fraction of sp³-hybridized carbons (Fsp3) is 0.933. The molecule has 0 radical (unpaired) electrons. The van der Waals surface area contributed by atoms with E-state index in [0.717, 1.165) is 51.7 Å². The SMILES string of the molecule is CC1(C(=O)NC2CCC3(CC2)OCCO3)CCCC1. The van der Waals surface area contributed by atoms with Gasteiger partial charge in [-0.25, -0.2) is 0 Å². The van der Waals surface area contributed by atoms with Gasteiger partial charge in [0, 0.05) is 24.3 Å². The molecule has 0 atom stereocenters. The van der Waals surface area contributed by atoms with Crippen LogP contribution in [0.25, 0.3) is 0 Å². The monoisotopic (exact) mass is 267 g/mol. The molecular weight excluding hydrogens is 242 g/mol. The molecular formula is C15H25NO3. The molecule has 0 aromatic carbocycles. The first-order valence-corrected chi connectivity index (χ1v) is 7.71. The van der Waals surface area contributed by atoms with Crippen LogP contribution in [0.5, 0.6) is 0 Å². The highest BCUT2D eigenvalue weighted by molar-refractivity contribution is 5.82. The molecule has 3 aliphatic rings. The van der Waals surface area contributed by atoms with Crippen molar-refractivity contribution < 1.29 is 14.3 Å². The first-order chi connectivity index (χ1) is 9.12. The third-order valence-electron chi connectivity index (χ3n) is 5.15. The maximum atomic E-state index is 12.4. The molecule has 2 aliphatic carbocycles. The van der Waals surface area contributed by atoms with Crippen molar-refractivity contribution >= 4 is 5.91 Å². The van der Waals surface area contributed by atoms with Crippen LogP contribution in [0.1, 0.15) is 58.3 Å². The Morgan fingerprint density at radius 1 is 1.05 bits per heavy atom. The van der Waals surface area contributed by atoms with Crippen molar-refractivity contribution in [3.63, 3.8) is 0 Å². The maximum Gasteiger partial charge on any atom is 0.226 e. The Morgan fingerprint density at radius 2 is 1.63 bits per heavy atom. The molecule has 1 N–H and O–H groups in total. The van der Waals surface area contributed by atoms with Gasteiger partial charge in [0.05, 0.1) is 13.2 Å². The highest BCUT2D eigenvalue weighted by atomic mass is 16.7. The lowest BCUT2D eigenvalue weighted by Crippen LogP contribution is -2.47. The fourth-order valence-electron chi connectivity index (χ4n) is 3.73. The van der Waals surface area contributed by atoms with Crippen molar-refractivity contribution in [2.75, 3.05) is 13.2 Å². The molecule has 0 aromatic heterocycles.